The highest BCUT2D eigenvalue weighted by atomic mass is 16.3. The Hall–Kier alpha value is -2.90. The highest BCUT2D eigenvalue weighted by molar-refractivity contribution is 6.00. The fourth-order valence-corrected chi connectivity index (χ4v) is 4.19. The third-order valence-electron chi connectivity index (χ3n) is 5.93. The van der Waals surface area contributed by atoms with Gasteiger partial charge in [0.25, 0.3) is 5.91 Å². The summed E-state index contributed by atoms with van der Waals surface area (Å²) in [6, 6.07) is 14.9. The van der Waals surface area contributed by atoms with Gasteiger partial charge in [-0.05, 0) is 56.0 Å². The van der Waals surface area contributed by atoms with Crippen molar-refractivity contribution in [3.8, 4) is 0 Å². The standard InChI is InChI=1S/C27H38N4O3/c1-4-29-22-14-21(15-23(16-22)31-12-8-11-26(31)33)27(34)30-24(13-20-9-6-5-7-10-20)25(32)18-28-17-19(2)3/h5-7,9-10,14-16,19,24-25,28-29,32H,4,8,11-13,17-18H2,1-3H3,(H,30,34)/t24-,25+/m0/s1. The van der Waals surface area contributed by atoms with Crippen LogP contribution >= 0.6 is 0 Å². The van der Waals surface area contributed by atoms with Crippen LogP contribution in [0.25, 0.3) is 0 Å². The summed E-state index contributed by atoms with van der Waals surface area (Å²) in [5.41, 5.74) is 3.03. The zero-order chi connectivity index (χ0) is 24.5. The quantitative estimate of drug-likeness (QED) is 0.386. The molecule has 0 bridgehead atoms. The largest absolute Gasteiger partial charge is 0.390 e. The summed E-state index contributed by atoms with van der Waals surface area (Å²) < 4.78 is 0. The molecule has 1 saturated heterocycles. The van der Waals surface area contributed by atoms with Gasteiger partial charge in [-0.3, -0.25) is 9.59 Å². The van der Waals surface area contributed by atoms with Crippen LogP contribution in [-0.2, 0) is 11.2 Å². The van der Waals surface area contributed by atoms with Gasteiger partial charge >= 0.3 is 0 Å². The Morgan fingerprint density at radius 3 is 2.53 bits per heavy atom. The number of carbonyl (C=O) groups is 2. The van der Waals surface area contributed by atoms with Gasteiger partial charge in [-0.1, -0.05) is 44.2 Å². The molecule has 2 atom stereocenters. The predicted octanol–water partition coefficient (Wildman–Crippen LogP) is 3.19. The molecule has 2 aromatic rings. The topological polar surface area (TPSA) is 93.7 Å². The molecule has 0 radical (unpaired) electrons. The number of nitrogens with one attached hydrogen (secondary N) is 3. The monoisotopic (exact) mass is 466 g/mol. The van der Waals surface area contributed by atoms with Gasteiger partial charge in [0.05, 0.1) is 12.1 Å². The van der Waals surface area contributed by atoms with E-state index in [-0.39, 0.29) is 11.8 Å². The molecule has 2 amide bonds. The number of hydrogen-bond acceptors (Lipinski definition) is 5. The van der Waals surface area contributed by atoms with Crippen LogP contribution in [0, 0.1) is 5.92 Å². The van der Waals surface area contributed by atoms with E-state index in [1.807, 2.05) is 43.3 Å². The second-order valence-electron chi connectivity index (χ2n) is 9.34. The van der Waals surface area contributed by atoms with E-state index >= 15 is 0 Å². The van der Waals surface area contributed by atoms with Crippen molar-refractivity contribution < 1.29 is 14.7 Å². The average molecular weight is 467 g/mol. The van der Waals surface area contributed by atoms with Crippen molar-refractivity contribution in [2.45, 2.75) is 52.2 Å². The molecule has 2 aromatic carbocycles. The van der Waals surface area contributed by atoms with Gasteiger partial charge in [-0.15, -0.1) is 0 Å². The molecule has 3 rings (SSSR count). The molecule has 7 heteroatoms. The van der Waals surface area contributed by atoms with Crippen LogP contribution in [0.15, 0.2) is 48.5 Å². The van der Waals surface area contributed by atoms with Gasteiger partial charge in [-0.2, -0.15) is 0 Å². The Bertz CT molecular complexity index is 948. The summed E-state index contributed by atoms with van der Waals surface area (Å²) in [7, 11) is 0. The molecule has 0 saturated carbocycles. The molecule has 0 spiro atoms. The van der Waals surface area contributed by atoms with Gasteiger partial charge in [0, 0.05) is 43.0 Å². The normalized spacial score (nSPS) is 15.4. The number of amides is 2. The van der Waals surface area contributed by atoms with E-state index in [2.05, 4.69) is 29.8 Å². The van der Waals surface area contributed by atoms with E-state index in [1.165, 1.54) is 0 Å². The van der Waals surface area contributed by atoms with Crippen molar-refractivity contribution in [1.82, 2.24) is 10.6 Å². The highest BCUT2D eigenvalue weighted by Gasteiger charge is 2.25. The van der Waals surface area contributed by atoms with Crippen LogP contribution < -0.4 is 20.9 Å². The summed E-state index contributed by atoms with van der Waals surface area (Å²) in [5.74, 6) is 0.278. The summed E-state index contributed by atoms with van der Waals surface area (Å²) in [6.07, 6.45) is 1.11. The van der Waals surface area contributed by atoms with Crippen molar-refractivity contribution in [2.24, 2.45) is 5.92 Å². The van der Waals surface area contributed by atoms with Gasteiger partial charge in [0.1, 0.15) is 0 Å². The first-order chi connectivity index (χ1) is 16.4. The van der Waals surface area contributed by atoms with Crippen LogP contribution in [0.5, 0.6) is 0 Å². The molecule has 0 aromatic heterocycles. The molecule has 34 heavy (non-hydrogen) atoms. The van der Waals surface area contributed by atoms with Crippen LogP contribution in [-0.4, -0.2) is 55.2 Å². The molecule has 1 heterocycles. The first-order valence-corrected chi connectivity index (χ1v) is 12.3. The molecule has 184 valence electrons. The van der Waals surface area contributed by atoms with Gasteiger partial charge in [0.2, 0.25) is 5.91 Å². The zero-order valence-corrected chi connectivity index (χ0v) is 20.5. The summed E-state index contributed by atoms with van der Waals surface area (Å²) >= 11 is 0. The molecule has 7 nitrogen and oxygen atoms in total. The molecule has 4 N–H and O–H groups in total. The lowest BCUT2D eigenvalue weighted by Crippen LogP contribution is -2.49. The number of aliphatic hydroxyl groups is 1. The minimum atomic E-state index is -0.750. The fourth-order valence-electron chi connectivity index (χ4n) is 4.19. The van der Waals surface area contributed by atoms with E-state index in [1.54, 1.807) is 17.0 Å². The second-order valence-corrected chi connectivity index (χ2v) is 9.34. The van der Waals surface area contributed by atoms with Crippen LogP contribution in [0.3, 0.4) is 0 Å². The lowest BCUT2D eigenvalue weighted by Gasteiger charge is -2.26. The number of nitrogens with zero attached hydrogens (tertiary/aromatic N) is 1. The smallest absolute Gasteiger partial charge is 0.251 e. The van der Waals surface area contributed by atoms with Crippen molar-refractivity contribution >= 4 is 23.2 Å². The van der Waals surface area contributed by atoms with Crippen molar-refractivity contribution in [1.29, 1.82) is 0 Å². The number of benzene rings is 2. The Balaban J connectivity index is 1.81. The average Bonchev–Trinajstić information content (AvgIpc) is 3.25. The summed E-state index contributed by atoms with van der Waals surface area (Å²) in [5, 5.41) is 20.5. The molecular formula is C27H38N4O3. The van der Waals surface area contributed by atoms with E-state index in [0.717, 1.165) is 29.9 Å². The lowest BCUT2D eigenvalue weighted by molar-refractivity contribution is -0.117. The maximum atomic E-state index is 13.4. The predicted molar refractivity (Wildman–Crippen MR) is 137 cm³/mol. The maximum Gasteiger partial charge on any atom is 0.251 e. The van der Waals surface area contributed by atoms with Gasteiger partial charge in [-0.25, -0.2) is 0 Å². The number of carbonyl (C=O) groups excluding carboxylic acids is 2. The summed E-state index contributed by atoms with van der Waals surface area (Å²) in [6.45, 7) is 8.76. The maximum absolute atomic E-state index is 13.4. The Kier molecular flexibility index (Phi) is 9.48. The summed E-state index contributed by atoms with van der Waals surface area (Å²) in [4.78, 5) is 27.4. The van der Waals surface area contributed by atoms with Crippen LogP contribution in [0.4, 0.5) is 11.4 Å². The lowest BCUT2D eigenvalue weighted by atomic mass is 10.00. The van der Waals surface area contributed by atoms with E-state index < -0.39 is 12.1 Å². The minimum Gasteiger partial charge on any atom is -0.390 e. The third-order valence-corrected chi connectivity index (χ3v) is 5.93. The molecule has 1 fully saturated rings. The van der Waals surface area contributed by atoms with Crippen molar-refractivity contribution in [2.75, 3.05) is 36.4 Å². The Morgan fingerprint density at radius 2 is 1.88 bits per heavy atom. The highest BCUT2D eigenvalue weighted by Crippen LogP contribution is 2.27. The van der Waals surface area contributed by atoms with E-state index in [9.17, 15) is 14.7 Å². The van der Waals surface area contributed by atoms with Crippen LogP contribution in [0.2, 0.25) is 0 Å². The van der Waals surface area contributed by atoms with E-state index in [0.29, 0.717) is 44.0 Å². The Labute approximate surface area is 202 Å². The number of anilines is 2. The third kappa shape index (κ3) is 7.30. The molecule has 1 aliphatic rings. The molecule has 1 aliphatic heterocycles. The number of aliphatic hydroxyl groups excluding tert-OH is 1. The first-order valence-electron chi connectivity index (χ1n) is 12.3. The second kappa shape index (κ2) is 12.5. The zero-order valence-electron chi connectivity index (χ0n) is 20.5. The molecule has 0 aliphatic carbocycles. The van der Waals surface area contributed by atoms with Crippen molar-refractivity contribution in [3.63, 3.8) is 0 Å². The van der Waals surface area contributed by atoms with Crippen molar-refractivity contribution in [3.05, 3.63) is 59.7 Å². The fraction of sp³-hybridized carbons (Fsp3) is 0.481. The van der Waals surface area contributed by atoms with Gasteiger partial charge in [0.15, 0.2) is 0 Å². The number of rotatable bonds is 12. The minimum absolute atomic E-state index is 0.0774. The van der Waals surface area contributed by atoms with Crippen LogP contribution in [0.1, 0.15) is 49.5 Å². The number of hydrogen-bond donors (Lipinski definition) is 4. The SMILES string of the molecule is CCNc1cc(C(=O)N[C@@H](Cc2ccccc2)[C@H](O)CNCC(C)C)cc(N2CCCC2=O)c1. The Morgan fingerprint density at radius 1 is 1.12 bits per heavy atom. The molecular weight excluding hydrogens is 428 g/mol. The van der Waals surface area contributed by atoms with Gasteiger partial charge < -0.3 is 26.0 Å². The van der Waals surface area contributed by atoms with E-state index in [4.69, 9.17) is 0 Å². The first kappa shape index (κ1) is 25.7. The molecule has 0 unspecified atom stereocenters.